The van der Waals surface area contributed by atoms with E-state index in [-0.39, 0.29) is 89.7 Å². The molecule has 416 valence electrons. The Kier molecular flexibility index (Phi) is 28.4. The van der Waals surface area contributed by atoms with Crippen molar-refractivity contribution >= 4 is 41.4 Å². The monoisotopic (exact) mass is 1050 g/mol. The molecule has 15 N–H and O–H groups in total. The molecule has 73 heavy (non-hydrogen) atoms. The maximum absolute atomic E-state index is 13.2. The Morgan fingerprint density at radius 2 is 0.904 bits per heavy atom. The predicted octanol–water partition coefficient (Wildman–Crippen LogP) is -6.42. The summed E-state index contributed by atoms with van der Waals surface area (Å²) in [5, 5.41) is 110. The molecule has 3 heterocycles. The van der Waals surface area contributed by atoms with Crippen molar-refractivity contribution in [3.05, 3.63) is 12.1 Å². The first-order valence-electron chi connectivity index (χ1n) is 24.1. The summed E-state index contributed by atoms with van der Waals surface area (Å²) in [5.74, 6) is -4.88. The second-order valence-corrected chi connectivity index (χ2v) is 17.2. The van der Waals surface area contributed by atoms with Crippen molar-refractivity contribution in [3.8, 4) is 11.8 Å². The van der Waals surface area contributed by atoms with Crippen LogP contribution in [0, 0.1) is 0 Å². The molecule has 2 saturated heterocycles. The van der Waals surface area contributed by atoms with E-state index in [2.05, 4.69) is 26.6 Å². The summed E-state index contributed by atoms with van der Waals surface area (Å²) in [6.45, 7) is -2.63. The summed E-state index contributed by atoms with van der Waals surface area (Å²) in [4.78, 5) is 94.1. The minimum absolute atomic E-state index is 0.0388. The van der Waals surface area contributed by atoms with E-state index < -0.39 is 136 Å². The maximum Gasteiger partial charge on any atom is 0.333 e. The molecule has 0 aromatic carbocycles. The molecular weight excluding hydrogens is 979 g/mol. The maximum atomic E-state index is 13.2. The number of nitrogens with zero attached hydrogens (tertiary/aromatic N) is 2. The number of amides is 6. The van der Waals surface area contributed by atoms with Gasteiger partial charge < -0.3 is 106 Å². The molecule has 0 aliphatic carbocycles. The topological polar surface area (TPSA) is 436 Å². The number of aromatic nitrogens is 1. The van der Waals surface area contributed by atoms with Gasteiger partial charge >= 0.3 is 5.97 Å². The predicted molar refractivity (Wildman–Crippen MR) is 246 cm³/mol. The van der Waals surface area contributed by atoms with Gasteiger partial charge in [0.05, 0.1) is 33.0 Å². The normalized spacial score (nSPS) is 23.7. The molecule has 2 fully saturated rings. The quantitative estimate of drug-likeness (QED) is 0.0285. The van der Waals surface area contributed by atoms with E-state index in [1.54, 1.807) is 0 Å². The Morgan fingerprint density at radius 1 is 0.507 bits per heavy atom. The Balaban J connectivity index is 1.35. The van der Waals surface area contributed by atoms with Gasteiger partial charge in [-0.1, -0.05) is 12.8 Å². The average Bonchev–Trinajstić information content (AvgIpc) is 3.68. The first-order valence-corrected chi connectivity index (χ1v) is 24.1. The van der Waals surface area contributed by atoms with Gasteiger partial charge in [-0.2, -0.15) is 0 Å². The van der Waals surface area contributed by atoms with E-state index in [0.717, 1.165) is 17.0 Å². The van der Waals surface area contributed by atoms with Crippen LogP contribution in [-0.4, -0.2) is 236 Å². The Bertz CT molecular complexity index is 1770. The number of aliphatic hydroxyl groups excluding tert-OH is 8. The molecule has 2 aliphatic heterocycles. The first-order chi connectivity index (χ1) is 34.9. The van der Waals surface area contributed by atoms with Crippen molar-refractivity contribution in [2.75, 3.05) is 72.2 Å². The van der Waals surface area contributed by atoms with E-state index in [9.17, 15) is 84.6 Å². The zero-order chi connectivity index (χ0) is 53.9. The second-order valence-electron chi connectivity index (χ2n) is 17.2. The molecule has 1 aromatic heterocycles. The molecule has 0 saturated carbocycles. The van der Waals surface area contributed by atoms with Crippen LogP contribution in [0.1, 0.15) is 77.0 Å². The van der Waals surface area contributed by atoms with Gasteiger partial charge in [0.2, 0.25) is 47.2 Å². The fourth-order valence-electron chi connectivity index (χ4n) is 7.21. The van der Waals surface area contributed by atoms with Crippen LogP contribution in [0.5, 0.6) is 11.8 Å². The van der Waals surface area contributed by atoms with Crippen molar-refractivity contribution in [2.45, 2.75) is 138 Å². The zero-order valence-corrected chi connectivity index (χ0v) is 40.5. The Morgan fingerprint density at radius 3 is 1.34 bits per heavy atom. The van der Waals surface area contributed by atoms with Gasteiger partial charge in [-0.3, -0.25) is 28.8 Å². The number of aromatic hydroxyl groups is 2. The van der Waals surface area contributed by atoms with Gasteiger partial charge in [-0.15, -0.1) is 4.73 Å². The largest absolute Gasteiger partial charge is 0.492 e. The Hall–Kier alpha value is -5.31. The van der Waals surface area contributed by atoms with Gasteiger partial charge in [0, 0.05) is 64.0 Å². The van der Waals surface area contributed by atoms with Gasteiger partial charge in [-0.25, -0.2) is 4.79 Å². The number of hydrogen-bond acceptors (Lipinski definition) is 22. The smallest absolute Gasteiger partial charge is 0.333 e. The summed E-state index contributed by atoms with van der Waals surface area (Å²) in [7, 11) is 0. The molecule has 29 nitrogen and oxygen atoms in total. The third kappa shape index (κ3) is 22.4. The number of rotatable bonds is 34. The fraction of sp³-hybridized carbons (Fsp3) is 0.750. The number of nitrogens with one attached hydrogen (secondary N) is 5. The Labute approximate surface area is 420 Å². The highest BCUT2D eigenvalue weighted by molar-refractivity contribution is 5.91. The molecule has 0 unspecified atom stereocenters. The van der Waals surface area contributed by atoms with Gasteiger partial charge in [0.25, 0.3) is 0 Å². The average molecular weight is 1050 g/mol. The number of ether oxygens (including phenoxy) is 4. The number of hydrogen-bond donors (Lipinski definition) is 15. The van der Waals surface area contributed by atoms with Crippen LogP contribution >= 0.6 is 0 Å². The van der Waals surface area contributed by atoms with Crippen LogP contribution in [0.2, 0.25) is 0 Å². The minimum Gasteiger partial charge on any atom is -0.492 e. The minimum atomic E-state index is -1.60. The SMILES string of the molecule is O=C(CCCCCNC(=O)CN(CC(=O)NCCCCCC(=O)NCCO[C@H]1O[C@H](CO)[C@@H](O)[C@H](O)[C@@H]1O)C(=O)CNC(=O)CCCCC(=O)On1c(O)ccc1O)NCCO[C@H]1O[C@H](CO)[C@@H](O)[C@H](O)[C@@H]1O. The van der Waals surface area contributed by atoms with Crippen molar-refractivity contribution in [1.29, 1.82) is 0 Å². The lowest BCUT2D eigenvalue weighted by Gasteiger charge is -2.39. The van der Waals surface area contributed by atoms with Crippen LogP contribution in [0.25, 0.3) is 0 Å². The van der Waals surface area contributed by atoms with E-state index in [0.29, 0.717) is 43.3 Å². The molecule has 0 bridgehead atoms. The highest BCUT2D eigenvalue weighted by Gasteiger charge is 2.45. The molecule has 0 radical (unpaired) electrons. The molecular formula is C44H73N7O22. The fourth-order valence-corrected chi connectivity index (χ4v) is 7.21. The lowest BCUT2D eigenvalue weighted by molar-refractivity contribution is -0.300. The summed E-state index contributed by atoms with van der Waals surface area (Å²) in [5.41, 5.74) is 0. The van der Waals surface area contributed by atoms with E-state index >= 15 is 0 Å². The van der Waals surface area contributed by atoms with E-state index in [1.807, 2.05) is 0 Å². The highest BCUT2D eigenvalue weighted by Crippen LogP contribution is 2.23. The van der Waals surface area contributed by atoms with Crippen LogP contribution < -0.4 is 31.4 Å². The standard InChI is InChI=1S/C44H73N7O22/c52-24-26-37(63)39(65)41(67)43(71-26)69-19-17-47-28(54)9-3-1-7-15-45-31(57)22-50(35(61)21-49-30(56)11-5-6-12-36(62)73-51-33(59)13-14-34(51)60)23-32(58)46-16-8-2-4-10-29(55)48-18-20-70-44-42(68)40(66)38(64)27(25-53)72-44/h13-14,26-27,37-44,52-53,59-60,63-68H,1-12,15-25H2,(H,45,57)(H,46,58)(H,47,54)(H,48,55)(H,49,56)/t26-,27-,37-,38-,39+,40+,41+,42+,43+,44+/m1/s1. The molecule has 1 aromatic rings. The number of carbonyl (C=O) groups excluding carboxylic acids is 7. The van der Waals surface area contributed by atoms with Gasteiger partial charge in [0.15, 0.2) is 12.6 Å². The molecule has 10 atom stereocenters. The number of carbonyl (C=O) groups is 7. The van der Waals surface area contributed by atoms with Crippen molar-refractivity contribution in [3.63, 3.8) is 0 Å². The molecule has 6 amide bonds. The summed E-state index contributed by atoms with van der Waals surface area (Å²) >= 11 is 0. The van der Waals surface area contributed by atoms with Crippen LogP contribution in [0.4, 0.5) is 0 Å². The van der Waals surface area contributed by atoms with Crippen molar-refractivity contribution in [1.82, 2.24) is 36.2 Å². The summed E-state index contributed by atoms with van der Waals surface area (Å²) in [6, 6.07) is 2.24. The van der Waals surface area contributed by atoms with Crippen molar-refractivity contribution < 1.29 is 108 Å². The third-order valence-corrected chi connectivity index (χ3v) is 11.4. The van der Waals surface area contributed by atoms with Crippen molar-refractivity contribution in [2.24, 2.45) is 0 Å². The van der Waals surface area contributed by atoms with Gasteiger partial charge in [0.1, 0.15) is 61.9 Å². The number of unbranched alkanes of at least 4 members (excludes halogenated alkanes) is 5. The number of aliphatic hydroxyl groups is 8. The molecule has 3 rings (SSSR count). The zero-order valence-electron chi connectivity index (χ0n) is 40.5. The highest BCUT2D eigenvalue weighted by atomic mass is 16.7. The third-order valence-electron chi connectivity index (χ3n) is 11.4. The van der Waals surface area contributed by atoms with E-state index in [1.165, 1.54) is 0 Å². The summed E-state index contributed by atoms with van der Waals surface area (Å²) < 4.78 is 21.7. The summed E-state index contributed by atoms with van der Waals surface area (Å²) in [6.07, 6.45) is -11.0. The lowest BCUT2D eigenvalue weighted by Crippen LogP contribution is -2.59. The molecule has 0 spiro atoms. The van der Waals surface area contributed by atoms with Gasteiger partial charge in [-0.05, 0) is 38.5 Å². The van der Waals surface area contributed by atoms with Crippen LogP contribution in [-0.2, 0) is 52.5 Å². The molecule has 29 heteroatoms. The van der Waals surface area contributed by atoms with Crippen LogP contribution in [0.15, 0.2) is 12.1 Å². The lowest BCUT2D eigenvalue weighted by atomic mass is 9.99. The molecule has 2 aliphatic rings. The van der Waals surface area contributed by atoms with Crippen LogP contribution in [0.3, 0.4) is 0 Å². The van der Waals surface area contributed by atoms with E-state index in [4.69, 9.17) is 23.8 Å². The first kappa shape index (κ1) is 62.0. The second kappa shape index (κ2) is 33.5.